The van der Waals surface area contributed by atoms with Crippen molar-refractivity contribution in [3.8, 4) is 0 Å². The summed E-state index contributed by atoms with van der Waals surface area (Å²) in [4.78, 5) is 5.09. The summed E-state index contributed by atoms with van der Waals surface area (Å²) < 4.78 is 13.8. The van der Waals surface area contributed by atoms with E-state index in [0.717, 1.165) is 23.3 Å². The van der Waals surface area contributed by atoms with Gasteiger partial charge in [0.15, 0.2) is 5.13 Å². The summed E-state index contributed by atoms with van der Waals surface area (Å²) in [5.41, 5.74) is 6.16. The quantitative estimate of drug-likeness (QED) is 0.912. The minimum absolute atomic E-state index is 0. The zero-order valence-electron chi connectivity index (χ0n) is 10.2. The highest BCUT2D eigenvalue weighted by molar-refractivity contribution is 7.15. The van der Waals surface area contributed by atoms with E-state index in [1.54, 1.807) is 12.3 Å². The van der Waals surface area contributed by atoms with Crippen molar-refractivity contribution in [1.29, 1.82) is 0 Å². The van der Waals surface area contributed by atoms with Crippen LogP contribution in [0.1, 0.15) is 23.3 Å². The average Bonchev–Trinajstić information content (AvgIpc) is 3.04. The summed E-state index contributed by atoms with van der Waals surface area (Å²) in [5.74, 6) is -0.133. The molecular weight excluding hydrogens is 285 g/mol. The minimum atomic E-state index is -0.190. The molecule has 102 valence electrons. The lowest BCUT2D eigenvalue weighted by atomic mass is 10.0. The summed E-state index contributed by atoms with van der Waals surface area (Å²) >= 11 is 1.47. The third-order valence-electron chi connectivity index (χ3n) is 3.31. The Morgan fingerprint density at radius 2 is 2.11 bits per heavy atom. The zero-order chi connectivity index (χ0) is 12.6. The van der Waals surface area contributed by atoms with Gasteiger partial charge < -0.3 is 11.1 Å². The largest absolute Gasteiger partial charge is 0.375 e. The van der Waals surface area contributed by atoms with Gasteiger partial charge in [-0.05, 0) is 18.9 Å². The van der Waals surface area contributed by atoms with Crippen LogP contribution in [0.4, 0.5) is 9.52 Å². The lowest BCUT2D eigenvalue weighted by Crippen LogP contribution is -2.29. The van der Waals surface area contributed by atoms with E-state index in [1.807, 2.05) is 12.1 Å². The number of nitrogens with one attached hydrogen (secondary N) is 1. The summed E-state index contributed by atoms with van der Waals surface area (Å²) in [7, 11) is 0. The first-order chi connectivity index (χ1) is 8.70. The van der Waals surface area contributed by atoms with Gasteiger partial charge in [0.25, 0.3) is 0 Å². The molecule has 1 aliphatic rings. The highest BCUT2D eigenvalue weighted by Gasteiger charge is 2.45. The number of nitrogens with zero attached hydrogens (tertiary/aromatic N) is 1. The monoisotopic (exact) mass is 299 g/mol. The molecule has 0 atom stereocenters. The first kappa shape index (κ1) is 14.2. The van der Waals surface area contributed by atoms with Gasteiger partial charge >= 0.3 is 0 Å². The van der Waals surface area contributed by atoms with Crippen LogP contribution < -0.4 is 11.1 Å². The van der Waals surface area contributed by atoms with Crippen LogP contribution in [0.25, 0.3) is 0 Å². The van der Waals surface area contributed by atoms with Crippen LogP contribution in [0.2, 0.25) is 0 Å². The van der Waals surface area contributed by atoms with E-state index in [1.165, 1.54) is 17.4 Å². The van der Waals surface area contributed by atoms with Crippen LogP contribution in [-0.2, 0) is 12.1 Å². The van der Waals surface area contributed by atoms with Crippen molar-refractivity contribution < 1.29 is 4.39 Å². The van der Waals surface area contributed by atoms with E-state index in [-0.39, 0.29) is 23.8 Å². The fourth-order valence-corrected chi connectivity index (χ4v) is 2.80. The molecule has 0 spiro atoms. The van der Waals surface area contributed by atoms with Gasteiger partial charge in [-0.3, -0.25) is 0 Å². The van der Waals surface area contributed by atoms with Crippen LogP contribution in [0.15, 0.2) is 30.5 Å². The Kier molecular flexibility index (Phi) is 4.08. The van der Waals surface area contributed by atoms with Gasteiger partial charge in [0, 0.05) is 28.7 Å². The SMILES string of the molecule is Cl.Nc1ncc(CNC2(c3ccccc3F)CC2)s1. The zero-order valence-corrected chi connectivity index (χ0v) is 11.9. The normalized spacial score (nSPS) is 15.8. The van der Waals surface area contributed by atoms with Crippen LogP contribution in [-0.4, -0.2) is 4.98 Å². The molecule has 3 N–H and O–H groups in total. The van der Waals surface area contributed by atoms with Crippen LogP contribution in [0.3, 0.4) is 0 Å². The predicted octanol–water partition coefficient (Wildman–Crippen LogP) is 3.07. The Morgan fingerprint density at radius 1 is 1.37 bits per heavy atom. The molecule has 0 aliphatic heterocycles. The summed E-state index contributed by atoms with van der Waals surface area (Å²) in [6.07, 6.45) is 3.72. The highest BCUT2D eigenvalue weighted by atomic mass is 35.5. The molecule has 3 nitrogen and oxygen atoms in total. The fourth-order valence-electron chi connectivity index (χ4n) is 2.18. The van der Waals surface area contributed by atoms with E-state index >= 15 is 0 Å². The van der Waals surface area contributed by atoms with E-state index in [0.29, 0.717) is 11.7 Å². The van der Waals surface area contributed by atoms with Gasteiger partial charge in [-0.2, -0.15) is 0 Å². The van der Waals surface area contributed by atoms with Crippen LogP contribution >= 0.6 is 23.7 Å². The van der Waals surface area contributed by atoms with Gasteiger partial charge in [-0.15, -0.1) is 23.7 Å². The smallest absolute Gasteiger partial charge is 0.180 e. The van der Waals surface area contributed by atoms with Gasteiger partial charge in [-0.1, -0.05) is 18.2 Å². The molecule has 1 saturated carbocycles. The maximum Gasteiger partial charge on any atom is 0.180 e. The van der Waals surface area contributed by atoms with E-state index in [9.17, 15) is 4.39 Å². The molecule has 6 heteroatoms. The molecule has 1 aromatic carbocycles. The second kappa shape index (κ2) is 5.45. The third-order valence-corrected chi connectivity index (χ3v) is 4.14. The molecule has 1 aromatic heterocycles. The Hall–Kier alpha value is -1.17. The number of rotatable bonds is 4. The molecule has 0 saturated heterocycles. The van der Waals surface area contributed by atoms with Crippen molar-refractivity contribution in [3.05, 3.63) is 46.7 Å². The Balaban J connectivity index is 0.00000133. The van der Waals surface area contributed by atoms with Gasteiger partial charge in [0.05, 0.1) is 0 Å². The molecule has 0 bridgehead atoms. The lowest BCUT2D eigenvalue weighted by molar-refractivity contribution is 0.487. The van der Waals surface area contributed by atoms with Crippen molar-refractivity contribution in [2.45, 2.75) is 24.9 Å². The molecule has 3 rings (SSSR count). The number of benzene rings is 1. The van der Waals surface area contributed by atoms with E-state index < -0.39 is 0 Å². The number of hydrogen-bond acceptors (Lipinski definition) is 4. The van der Waals surface area contributed by atoms with Crippen molar-refractivity contribution in [2.75, 3.05) is 5.73 Å². The van der Waals surface area contributed by atoms with Gasteiger partial charge in [0.2, 0.25) is 0 Å². The fraction of sp³-hybridized carbons (Fsp3) is 0.308. The Labute approximate surface area is 121 Å². The highest BCUT2D eigenvalue weighted by Crippen LogP contribution is 2.46. The standard InChI is InChI=1S/C13H14FN3S.ClH/c14-11-4-2-1-3-10(11)13(5-6-13)17-8-9-7-16-12(15)18-9;/h1-4,7,17H,5-6,8H2,(H2,15,16);1H. The molecule has 1 aliphatic carbocycles. The average molecular weight is 300 g/mol. The molecule has 0 unspecified atom stereocenters. The molecule has 1 heterocycles. The van der Waals surface area contributed by atoms with Gasteiger partial charge in [-0.25, -0.2) is 9.37 Å². The Bertz CT molecular complexity index is 569. The summed E-state index contributed by atoms with van der Waals surface area (Å²) in [5, 5.41) is 4.00. The topological polar surface area (TPSA) is 50.9 Å². The summed E-state index contributed by atoms with van der Waals surface area (Å²) in [6.45, 7) is 0.684. The van der Waals surface area contributed by atoms with Gasteiger partial charge in [0.1, 0.15) is 5.82 Å². The molecule has 0 radical (unpaired) electrons. The number of aromatic nitrogens is 1. The van der Waals surface area contributed by atoms with Crippen molar-refractivity contribution in [3.63, 3.8) is 0 Å². The second-order valence-electron chi connectivity index (χ2n) is 4.58. The number of anilines is 1. The minimum Gasteiger partial charge on any atom is -0.375 e. The molecule has 1 fully saturated rings. The van der Waals surface area contributed by atoms with Crippen LogP contribution in [0, 0.1) is 5.82 Å². The third kappa shape index (κ3) is 2.88. The van der Waals surface area contributed by atoms with E-state index in [2.05, 4.69) is 10.3 Å². The van der Waals surface area contributed by atoms with E-state index in [4.69, 9.17) is 5.73 Å². The number of nitrogens with two attached hydrogens (primary N) is 1. The number of hydrogen-bond donors (Lipinski definition) is 2. The number of nitrogen functional groups attached to an aromatic ring is 1. The first-order valence-electron chi connectivity index (χ1n) is 5.90. The lowest BCUT2D eigenvalue weighted by Gasteiger charge is -2.17. The first-order valence-corrected chi connectivity index (χ1v) is 6.71. The second-order valence-corrected chi connectivity index (χ2v) is 5.73. The van der Waals surface area contributed by atoms with Crippen molar-refractivity contribution in [1.82, 2.24) is 10.3 Å². The molecule has 0 amide bonds. The Morgan fingerprint density at radius 3 is 2.68 bits per heavy atom. The number of halogens is 2. The summed E-state index contributed by atoms with van der Waals surface area (Å²) in [6, 6.07) is 6.97. The van der Waals surface area contributed by atoms with Crippen molar-refractivity contribution in [2.24, 2.45) is 0 Å². The predicted molar refractivity (Wildman–Crippen MR) is 77.9 cm³/mol. The maximum absolute atomic E-state index is 13.8. The number of thiazole rings is 1. The van der Waals surface area contributed by atoms with Crippen LogP contribution in [0.5, 0.6) is 0 Å². The molecular formula is C13H15ClFN3S. The van der Waals surface area contributed by atoms with Crippen molar-refractivity contribution >= 4 is 28.9 Å². The molecule has 2 aromatic rings. The maximum atomic E-state index is 13.8. The molecule has 19 heavy (non-hydrogen) atoms.